The Bertz CT molecular complexity index is 2060. The summed E-state index contributed by atoms with van der Waals surface area (Å²) in [6, 6.07) is 16.6. The van der Waals surface area contributed by atoms with Crippen LogP contribution < -0.4 is 10.2 Å². The van der Waals surface area contributed by atoms with Gasteiger partial charge in [-0.05, 0) is 13.8 Å². The van der Waals surface area contributed by atoms with Crippen LogP contribution in [0, 0.1) is 13.8 Å². The fourth-order valence-electron chi connectivity index (χ4n) is 5.67. The first-order valence-corrected chi connectivity index (χ1v) is 13.6. The summed E-state index contributed by atoms with van der Waals surface area (Å²) < 4.78 is 11.9. The van der Waals surface area contributed by atoms with Crippen molar-refractivity contribution in [2.24, 2.45) is 0 Å². The van der Waals surface area contributed by atoms with Crippen LogP contribution in [0.2, 0.25) is 0 Å². The lowest BCUT2D eigenvalue weighted by Crippen LogP contribution is -2.39. The van der Waals surface area contributed by atoms with E-state index in [1.165, 1.54) is 13.8 Å². The van der Waals surface area contributed by atoms with Crippen LogP contribution in [0.3, 0.4) is 0 Å². The Labute approximate surface area is 249 Å². The van der Waals surface area contributed by atoms with Gasteiger partial charge in [0.15, 0.2) is 17.7 Å². The lowest BCUT2D eigenvalue weighted by Gasteiger charge is -2.35. The molecule has 5 aromatic rings. The normalized spacial score (nSPS) is 16.0. The number of benzene rings is 4. The maximum atomic E-state index is 14.1. The number of ketones is 1. The van der Waals surface area contributed by atoms with Gasteiger partial charge in [0.25, 0.3) is 0 Å². The summed E-state index contributed by atoms with van der Waals surface area (Å²) in [6.45, 7) is 2.77. The highest BCUT2D eigenvalue weighted by Crippen LogP contribution is 2.50. The van der Waals surface area contributed by atoms with Gasteiger partial charge < -0.3 is 34.7 Å². The first kappa shape index (κ1) is 28.5. The molecule has 5 N–H and O–H groups in total. The number of fused-ring (bicyclic) bond motifs is 2. The maximum Gasteiger partial charge on any atom is 0.242 e. The molecular formula is C34H26O10. The Morgan fingerprint density at radius 3 is 2.09 bits per heavy atom. The Morgan fingerprint density at radius 2 is 1.45 bits per heavy atom. The largest absolute Gasteiger partial charge is 0.507 e. The second kappa shape index (κ2) is 10.3. The number of aldehydes is 1. The average Bonchev–Trinajstić information content (AvgIpc) is 3.02. The first-order chi connectivity index (χ1) is 21.0. The summed E-state index contributed by atoms with van der Waals surface area (Å²) in [7, 11) is 0. The Balaban J connectivity index is 1.59. The van der Waals surface area contributed by atoms with Crippen molar-refractivity contribution in [3.8, 4) is 40.1 Å². The molecule has 0 bridgehead atoms. The minimum absolute atomic E-state index is 0.0356. The average molecular weight is 595 g/mol. The Kier molecular flexibility index (Phi) is 6.66. The fraction of sp³-hybridized carbons (Fsp3) is 0.147. The van der Waals surface area contributed by atoms with Crippen molar-refractivity contribution < 1.29 is 44.3 Å². The summed E-state index contributed by atoms with van der Waals surface area (Å²) >= 11 is 0. The van der Waals surface area contributed by atoms with E-state index in [4.69, 9.17) is 9.15 Å². The highest BCUT2D eigenvalue weighted by atomic mass is 16.6. The highest BCUT2D eigenvalue weighted by molar-refractivity contribution is 6.04. The van der Waals surface area contributed by atoms with Gasteiger partial charge in [0.05, 0.1) is 6.42 Å². The molecule has 0 aliphatic carbocycles. The van der Waals surface area contributed by atoms with Gasteiger partial charge in [-0.2, -0.15) is 0 Å². The van der Waals surface area contributed by atoms with E-state index >= 15 is 0 Å². The SMILES string of the molecule is Cc1c(O)c(Cc2c(-c3ccccc3)oc3c(C=O)c(O)c(C)c(O)c3c2=O)c(O)c2c1O[C@@](O)(c1ccccc1)CC2=O. The van der Waals surface area contributed by atoms with E-state index in [0.717, 1.165) is 0 Å². The van der Waals surface area contributed by atoms with Gasteiger partial charge in [0, 0.05) is 39.8 Å². The molecule has 0 amide bonds. The van der Waals surface area contributed by atoms with Crippen LogP contribution >= 0.6 is 0 Å². The van der Waals surface area contributed by atoms with Gasteiger partial charge in [-0.25, -0.2) is 0 Å². The molecule has 0 saturated heterocycles. The number of carbonyl (C=O) groups is 2. The molecular weight excluding hydrogens is 568 g/mol. The smallest absolute Gasteiger partial charge is 0.242 e. The van der Waals surface area contributed by atoms with Gasteiger partial charge in [-0.15, -0.1) is 0 Å². The van der Waals surface area contributed by atoms with Gasteiger partial charge in [0.2, 0.25) is 11.2 Å². The van der Waals surface area contributed by atoms with Crippen LogP contribution in [-0.2, 0) is 12.2 Å². The van der Waals surface area contributed by atoms with Crippen LogP contribution in [0.1, 0.15) is 55.0 Å². The van der Waals surface area contributed by atoms with E-state index in [0.29, 0.717) is 17.4 Å². The van der Waals surface area contributed by atoms with E-state index in [-0.39, 0.29) is 55.9 Å². The zero-order chi connectivity index (χ0) is 31.5. The number of hydrogen-bond donors (Lipinski definition) is 5. The van der Waals surface area contributed by atoms with Crippen LogP contribution in [0.25, 0.3) is 22.3 Å². The third kappa shape index (κ3) is 4.18. The molecule has 10 heteroatoms. The van der Waals surface area contributed by atoms with Gasteiger partial charge >= 0.3 is 0 Å². The van der Waals surface area contributed by atoms with E-state index in [2.05, 4.69) is 0 Å². The summed E-state index contributed by atoms with van der Waals surface area (Å²) in [4.78, 5) is 39.4. The lowest BCUT2D eigenvalue weighted by molar-refractivity contribution is -0.148. The van der Waals surface area contributed by atoms with E-state index in [9.17, 15) is 39.9 Å². The molecule has 0 unspecified atom stereocenters. The Hall–Kier alpha value is -5.61. The molecule has 0 spiro atoms. The van der Waals surface area contributed by atoms with Crippen molar-refractivity contribution in [1.29, 1.82) is 0 Å². The number of aliphatic hydroxyl groups is 1. The van der Waals surface area contributed by atoms with Crippen LogP contribution in [0.4, 0.5) is 0 Å². The number of hydrogen-bond acceptors (Lipinski definition) is 10. The van der Waals surface area contributed by atoms with Crippen LogP contribution in [0.15, 0.2) is 69.9 Å². The van der Waals surface area contributed by atoms with Gasteiger partial charge in [-0.1, -0.05) is 60.7 Å². The predicted octanol–water partition coefficient (Wildman–Crippen LogP) is 5.11. The van der Waals surface area contributed by atoms with Crippen molar-refractivity contribution in [3.05, 3.63) is 110 Å². The number of carbonyl (C=O) groups excluding carboxylic acids is 2. The standard InChI is InChI=1S/C34H26O10/c1-16-26(37)22(15-35)33-25(28(16)39)30(41)21(32(43-33)18-9-5-3-6-10-18)13-20-27(38)17(2)31-24(29(20)40)23(36)14-34(42,44-31)19-11-7-4-8-12-19/h3-12,15,37-40,42H,13-14H2,1-2H3/t34-/m1/s1. The summed E-state index contributed by atoms with van der Waals surface area (Å²) in [5, 5.41) is 54.9. The van der Waals surface area contributed by atoms with Crippen LogP contribution in [-0.4, -0.2) is 37.6 Å². The summed E-state index contributed by atoms with van der Waals surface area (Å²) in [5.74, 6) is -5.26. The molecule has 1 aliphatic rings. The van der Waals surface area contributed by atoms with Crippen LogP contribution in [0.5, 0.6) is 28.7 Å². The monoisotopic (exact) mass is 594 g/mol. The highest BCUT2D eigenvalue weighted by Gasteiger charge is 2.44. The molecule has 0 fully saturated rings. The Morgan fingerprint density at radius 1 is 0.818 bits per heavy atom. The van der Waals surface area contributed by atoms with Crippen molar-refractivity contribution in [2.45, 2.75) is 32.5 Å². The van der Waals surface area contributed by atoms with E-state index < -0.39 is 52.8 Å². The number of phenols is 4. The minimum Gasteiger partial charge on any atom is -0.507 e. The minimum atomic E-state index is -2.05. The second-order valence-corrected chi connectivity index (χ2v) is 10.7. The third-order valence-corrected chi connectivity index (χ3v) is 8.07. The zero-order valence-corrected chi connectivity index (χ0v) is 23.5. The van der Waals surface area contributed by atoms with Crippen molar-refractivity contribution in [1.82, 2.24) is 0 Å². The van der Waals surface area contributed by atoms with Crippen molar-refractivity contribution in [3.63, 3.8) is 0 Å². The topological polar surface area (TPSA) is 175 Å². The molecule has 1 aromatic heterocycles. The lowest BCUT2D eigenvalue weighted by atomic mass is 9.87. The molecule has 0 radical (unpaired) electrons. The number of ether oxygens (including phenoxy) is 1. The summed E-state index contributed by atoms with van der Waals surface area (Å²) in [6.07, 6.45) is -0.686. The number of rotatable bonds is 5. The van der Waals surface area contributed by atoms with E-state index in [1.54, 1.807) is 60.7 Å². The molecule has 10 nitrogen and oxygen atoms in total. The van der Waals surface area contributed by atoms with Crippen molar-refractivity contribution >= 4 is 23.0 Å². The molecule has 44 heavy (non-hydrogen) atoms. The molecule has 4 aromatic carbocycles. The van der Waals surface area contributed by atoms with Gasteiger partial charge in [0.1, 0.15) is 51.0 Å². The summed E-state index contributed by atoms with van der Waals surface area (Å²) in [5.41, 5.74) is -1.43. The maximum absolute atomic E-state index is 14.1. The predicted molar refractivity (Wildman–Crippen MR) is 159 cm³/mol. The zero-order valence-electron chi connectivity index (χ0n) is 23.5. The number of Topliss-reactive ketones (excluding diaryl/α,β-unsaturated/α-hetero) is 1. The van der Waals surface area contributed by atoms with Crippen molar-refractivity contribution in [2.75, 3.05) is 0 Å². The van der Waals surface area contributed by atoms with E-state index in [1.807, 2.05) is 0 Å². The second-order valence-electron chi connectivity index (χ2n) is 10.7. The number of phenolic OH excluding ortho intramolecular Hbond substituents is 4. The first-order valence-electron chi connectivity index (χ1n) is 13.6. The molecule has 6 rings (SSSR count). The molecule has 0 saturated carbocycles. The fourth-order valence-corrected chi connectivity index (χ4v) is 5.67. The third-order valence-electron chi connectivity index (χ3n) is 8.07. The molecule has 222 valence electrons. The molecule has 2 heterocycles. The molecule has 1 aliphatic heterocycles. The quantitative estimate of drug-likeness (QED) is 0.172. The van der Waals surface area contributed by atoms with Gasteiger partial charge in [-0.3, -0.25) is 14.4 Å². The number of aromatic hydroxyl groups is 4. The molecule has 1 atom stereocenters.